The topological polar surface area (TPSA) is 134 Å². The van der Waals surface area contributed by atoms with E-state index in [2.05, 4.69) is 0 Å². The second kappa shape index (κ2) is 23.0. The fraction of sp³-hybridized carbons (Fsp3) is 0.220. The fourth-order valence-electron chi connectivity index (χ4n) is 9.32. The molecule has 1 saturated heterocycles. The summed E-state index contributed by atoms with van der Waals surface area (Å²) >= 11 is 0. The largest absolute Gasteiger partial charge is 0.378 e. The van der Waals surface area contributed by atoms with E-state index in [9.17, 15) is 16.8 Å². The molecular weight excluding hydrogens is 961 g/mol. The molecule has 0 bridgehead atoms. The molecule has 0 saturated carbocycles. The van der Waals surface area contributed by atoms with Crippen LogP contribution >= 0.6 is 0 Å². The molecule has 12 nitrogen and oxygen atoms in total. The molecule has 1 aliphatic rings. The lowest BCUT2D eigenvalue weighted by atomic mass is 9.97. The molecule has 5 atom stereocenters. The van der Waals surface area contributed by atoms with Gasteiger partial charge in [-0.3, -0.25) is 0 Å². The maximum absolute atomic E-state index is 14.0. The lowest BCUT2D eigenvalue weighted by molar-refractivity contribution is -0.327. The van der Waals surface area contributed by atoms with Gasteiger partial charge in [-0.1, -0.05) is 164 Å². The Morgan fingerprint density at radius 2 is 0.795 bits per heavy atom. The van der Waals surface area contributed by atoms with Crippen molar-refractivity contribution in [1.29, 1.82) is 0 Å². The molecule has 1 aliphatic heterocycles. The summed E-state index contributed by atoms with van der Waals surface area (Å²) in [6, 6.07) is 61.3. The van der Waals surface area contributed by atoms with Gasteiger partial charge < -0.3 is 28.4 Å². The van der Waals surface area contributed by atoms with Gasteiger partial charge in [0.15, 0.2) is 6.29 Å². The van der Waals surface area contributed by atoms with E-state index in [4.69, 9.17) is 28.4 Å². The third-order valence-electron chi connectivity index (χ3n) is 13.0. The predicted octanol–water partition coefficient (Wildman–Crippen LogP) is 10.4. The lowest BCUT2D eigenvalue weighted by Gasteiger charge is -2.46. The van der Waals surface area contributed by atoms with Gasteiger partial charge in [0.1, 0.15) is 24.4 Å². The monoisotopic (exact) mass is 1020 g/mol. The highest BCUT2D eigenvalue weighted by molar-refractivity contribution is 7.90. The van der Waals surface area contributed by atoms with Crippen molar-refractivity contribution in [3.63, 3.8) is 0 Å². The number of benzene rings is 7. The Balaban J connectivity index is 0.948. The highest BCUT2D eigenvalue weighted by atomic mass is 32.2. The number of hydrogen-bond acceptors (Lipinski definition) is 10. The molecule has 9 aromatic rings. The molecule has 0 N–H and O–H groups in total. The number of aromatic nitrogens is 2. The van der Waals surface area contributed by atoms with Crippen LogP contribution in [0.4, 0.5) is 0 Å². The minimum Gasteiger partial charge on any atom is -0.378 e. The van der Waals surface area contributed by atoms with Crippen molar-refractivity contribution >= 4 is 41.9 Å². The first-order chi connectivity index (χ1) is 35.7. The Morgan fingerprint density at radius 1 is 0.411 bits per heavy atom. The number of fused-ring (bicyclic) bond motifs is 2. The summed E-state index contributed by atoms with van der Waals surface area (Å²) < 4.78 is 99.4. The molecule has 0 unspecified atom stereocenters. The minimum atomic E-state index is -3.91. The molecule has 2 aromatic heterocycles. The summed E-state index contributed by atoms with van der Waals surface area (Å²) in [4.78, 5) is 0.387. The van der Waals surface area contributed by atoms with E-state index in [0.717, 1.165) is 38.6 Å². The van der Waals surface area contributed by atoms with Gasteiger partial charge in [-0.25, -0.2) is 24.8 Å². The van der Waals surface area contributed by atoms with E-state index in [1.54, 1.807) is 85.2 Å². The number of hydrogen-bond donors (Lipinski definition) is 0. The Bertz CT molecular complexity index is 3430. The van der Waals surface area contributed by atoms with E-state index in [0.29, 0.717) is 23.9 Å². The molecule has 7 aromatic carbocycles. The summed E-state index contributed by atoms with van der Waals surface area (Å²) in [5.41, 5.74) is 5.60. The van der Waals surface area contributed by atoms with E-state index in [1.165, 1.54) is 7.94 Å². The second-order valence-corrected chi connectivity index (χ2v) is 21.5. The van der Waals surface area contributed by atoms with Gasteiger partial charge >= 0.3 is 0 Å². The molecule has 0 aliphatic carbocycles. The van der Waals surface area contributed by atoms with Crippen LogP contribution in [0.15, 0.2) is 222 Å². The van der Waals surface area contributed by atoms with Crippen LogP contribution in [-0.4, -0.2) is 75.3 Å². The quantitative estimate of drug-likeness (QED) is 0.0604. The van der Waals surface area contributed by atoms with Crippen LogP contribution in [0.25, 0.3) is 21.8 Å². The van der Waals surface area contributed by atoms with Gasteiger partial charge in [0.25, 0.3) is 20.0 Å². The summed E-state index contributed by atoms with van der Waals surface area (Å²) in [6.07, 6.45) is 0.124. The summed E-state index contributed by atoms with van der Waals surface area (Å²) in [6.45, 7) is 1.16. The number of rotatable bonds is 22. The zero-order valence-corrected chi connectivity index (χ0v) is 41.7. The van der Waals surface area contributed by atoms with Crippen molar-refractivity contribution in [3.05, 3.63) is 240 Å². The fourth-order valence-corrected chi connectivity index (χ4v) is 12.1. The zero-order valence-electron chi connectivity index (χ0n) is 40.0. The zero-order chi connectivity index (χ0) is 50.0. The van der Waals surface area contributed by atoms with E-state index in [1.807, 2.05) is 127 Å². The smallest absolute Gasteiger partial charge is 0.268 e. The molecule has 0 radical (unpaired) electrons. The van der Waals surface area contributed by atoms with Gasteiger partial charge in [-0.15, -0.1) is 0 Å². The summed E-state index contributed by atoms with van der Waals surface area (Å²) in [5.74, 6) is 0. The third-order valence-corrected chi connectivity index (χ3v) is 16.4. The Labute approximate surface area is 426 Å². The third kappa shape index (κ3) is 11.4. The molecule has 0 spiro atoms. The highest BCUT2D eigenvalue weighted by Crippen LogP contribution is 2.33. The first kappa shape index (κ1) is 49.8. The normalized spacial score (nSPS) is 18.3. The lowest BCUT2D eigenvalue weighted by Crippen LogP contribution is -2.62. The van der Waals surface area contributed by atoms with E-state index in [-0.39, 0.29) is 49.4 Å². The van der Waals surface area contributed by atoms with Gasteiger partial charge in [-0.2, -0.15) is 0 Å². The molecule has 14 heteroatoms. The summed E-state index contributed by atoms with van der Waals surface area (Å²) in [7, 11) is -7.78. The van der Waals surface area contributed by atoms with Gasteiger partial charge in [0.05, 0.1) is 60.5 Å². The molecule has 10 rings (SSSR count). The van der Waals surface area contributed by atoms with Crippen molar-refractivity contribution < 1.29 is 45.3 Å². The Morgan fingerprint density at radius 3 is 1.26 bits per heavy atom. The SMILES string of the molecule is O=S(=O)(c1ccccc1)n1cc(CCOC[C@H]2O[C@H](OCCc3cn(S(=O)(=O)c4ccccc4)c4ccccc34)[C@H](OCc3ccccc3)[C@@H](OCc3ccccc3)[C@@H]2OCc2ccccc2)c2ccccc21. The van der Waals surface area contributed by atoms with Crippen LogP contribution in [0.5, 0.6) is 0 Å². The standard InChI is InChI=1S/C59H56N2O10S2/c62-72(63,49-26-12-4-13-27-49)60-38-47(51-30-16-18-32-53(51)60)34-36-66-43-55-56(68-40-44-20-6-1-7-21-44)57(69-41-45-22-8-2-9-23-45)58(70-42-46-24-10-3-11-25-46)59(71-55)67-37-35-48-39-61(54-33-19-17-31-52(48)54)73(64,65)50-28-14-5-15-29-50/h1-33,38-39,55-59H,34-37,40-43H2/t55-,56-,57+,58-,59+/m1/s1. The highest BCUT2D eigenvalue weighted by Gasteiger charge is 2.49. The van der Waals surface area contributed by atoms with E-state index >= 15 is 0 Å². The Hall–Kier alpha value is -6.72. The van der Waals surface area contributed by atoms with Gasteiger partial charge in [0, 0.05) is 23.2 Å². The summed E-state index contributed by atoms with van der Waals surface area (Å²) in [5, 5.41) is 1.60. The van der Waals surface area contributed by atoms with Crippen LogP contribution in [0.3, 0.4) is 0 Å². The molecular formula is C59H56N2O10S2. The van der Waals surface area contributed by atoms with Crippen LogP contribution in [0, 0.1) is 0 Å². The number of ether oxygens (including phenoxy) is 6. The molecule has 3 heterocycles. The molecule has 374 valence electrons. The second-order valence-electron chi connectivity index (χ2n) is 17.8. The van der Waals surface area contributed by atoms with Crippen LogP contribution in [0.2, 0.25) is 0 Å². The maximum Gasteiger partial charge on any atom is 0.268 e. The van der Waals surface area contributed by atoms with Crippen LogP contribution in [0.1, 0.15) is 27.8 Å². The van der Waals surface area contributed by atoms with Gasteiger partial charge in [-0.05, 0) is 77.1 Å². The van der Waals surface area contributed by atoms with E-state index < -0.39 is 50.8 Å². The minimum absolute atomic E-state index is 0.0711. The van der Waals surface area contributed by atoms with Crippen molar-refractivity contribution in [2.75, 3.05) is 19.8 Å². The van der Waals surface area contributed by atoms with Gasteiger partial charge in [0.2, 0.25) is 0 Å². The Kier molecular flexibility index (Phi) is 15.7. The van der Waals surface area contributed by atoms with Crippen molar-refractivity contribution in [1.82, 2.24) is 7.94 Å². The van der Waals surface area contributed by atoms with Crippen molar-refractivity contribution in [3.8, 4) is 0 Å². The number of para-hydroxylation sites is 2. The predicted molar refractivity (Wildman–Crippen MR) is 280 cm³/mol. The molecule has 0 amide bonds. The molecule has 1 fully saturated rings. The first-order valence-electron chi connectivity index (χ1n) is 24.3. The average Bonchev–Trinajstić information content (AvgIpc) is 4.02. The number of nitrogens with zero attached hydrogens (tertiary/aromatic N) is 2. The van der Waals surface area contributed by atoms with Crippen LogP contribution in [-0.2, 0) is 81.1 Å². The van der Waals surface area contributed by atoms with Crippen molar-refractivity contribution in [2.45, 2.75) is 73.2 Å². The van der Waals surface area contributed by atoms with Crippen LogP contribution < -0.4 is 0 Å². The molecule has 73 heavy (non-hydrogen) atoms. The van der Waals surface area contributed by atoms with Crippen molar-refractivity contribution in [2.24, 2.45) is 0 Å². The maximum atomic E-state index is 14.0. The average molecular weight is 1020 g/mol. The first-order valence-corrected chi connectivity index (χ1v) is 27.2.